The van der Waals surface area contributed by atoms with Crippen LogP contribution in [0, 0.1) is 23.5 Å². The van der Waals surface area contributed by atoms with Crippen LogP contribution in [0.3, 0.4) is 0 Å². The van der Waals surface area contributed by atoms with Crippen molar-refractivity contribution in [2.24, 2.45) is 11.8 Å². The Bertz CT molecular complexity index is 1280. The van der Waals surface area contributed by atoms with Crippen LogP contribution in [0.2, 0.25) is 0 Å². The smallest absolute Gasteiger partial charge is 0.268 e. The Kier molecular flexibility index (Phi) is 5.72. The molecule has 0 radical (unpaired) electrons. The summed E-state index contributed by atoms with van der Waals surface area (Å²) in [6.45, 7) is 3.54. The quantitative estimate of drug-likeness (QED) is 0.594. The molecule has 2 atom stereocenters. The van der Waals surface area contributed by atoms with E-state index in [2.05, 4.69) is 10.2 Å². The zero-order valence-electron chi connectivity index (χ0n) is 18.2. The average molecular weight is 474 g/mol. The number of nitrogens with one attached hydrogen (secondary N) is 1. The normalized spacial score (nSPS) is 20.4. The molecule has 0 aliphatic carbocycles. The first-order valence-electron chi connectivity index (χ1n) is 10.9. The third-order valence-electron chi connectivity index (χ3n) is 6.41. The van der Waals surface area contributed by atoms with E-state index in [0.29, 0.717) is 23.9 Å². The zero-order valence-corrected chi connectivity index (χ0v) is 19.0. The van der Waals surface area contributed by atoms with Gasteiger partial charge in [0.25, 0.3) is 10.0 Å². The maximum absolute atomic E-state index is 14.6. The van der Waals surface area contributed by atoms with Crippen LogP contribution in [0.1, 0.15) is 5.56 Å². The van der Waals surface area contributed by atoms with E-state index in [4.69, 9.17) is 4.74 Å². The molecule has 3 aromatic rings. The second-order valence-electron chi connectivity index (χ2n) is 8.65. The maximum atomic E-state index is 14.6. The van der Waals surface area contributed by atoms with Crippen LogP contribution in [0.4, 0.5) is 14.5 Å². The van der Waals surface area contributed by atoms with Crippen molar-refractivity contribution in [3.63, 3.8) is 0 Å². The maximum Gasteiger partial charge on any atom is 0.268 e. The number of hydrogen-bond donors (Lipinski definition) is 1. The van der Waals surface area contributed by atoms with Gasteiger partial charge in [0.1, 0.15) is 11.6 Å². The summed E-state index contributed by atoms with van der Waals surface area (Å²) in [4.78, 5) is 2.31. The molecule has 9 heteroatoms. The Morgan fingerprint density at radius 1 is 1.06 bits per heavy atom. The molecule has 6 nitrogen and oxygen atoms in total. The first-order chi connectivity index (χ1) is 15.9. The zero-order chi connectivity index (χ0) is 23.2. The SMILES string of the molecule is CNCc1cc(-c2ccc(F)cc2F)n(S(=O)(=O)c2cccc(N3CC4COCC4C3)c2)c1. The summed E-state index contributed by atoms with van der Waals surface area (Å²) in [5.41, 5.74) is 1.67. The predicted octanol–water partition coefficient (Wildman–Crippen LogP) is 3.47. The molecule has 5 rings (SSSR count). The first kappa shape index (κ1) is 22.1. The molecule has 33 heavy (non-hydrogen) atoms. The second-order valence-corrected chi connectivity index (χ2v) is 10.5. The number of rotatable bonds is 6. The van der Waals surface area contributed by atoms with Gasteiger partial charge in [-0.15, -0.1) is 0 Å². The van der Waals surface area contributed by atoms with Crippen LogP contribution < -0.4 is 10.2 Å². The van der Waals surface area contributed by atoms with Crippen molar-refractivity contribution in [2.45, 2.75) is 11.4 Å². The topological polar surface area (TPSA) is 63.6 Å². The molecular weight excluding hydrogens is 448 g/mol. The van der Waals surface area contributed by atoms with Gasteiger partial charge in [0.05, 0.1) is 23.8 Å². The lowest BCUT2D eigenvalue weighted by atomic mass is 10.0. The summed E-state index contributed by atoms with van der Waals surface area (Å²) < 4.78 is 62.1. The lowest BCUT2D eigenvalue weighted by molar-refractivity contribution is 0.177. The summed E-state index contributed by atoms with van der Waals surface area (Å²) in [7, 11) is -2.30. The van der Waals surface area contributed by atoms with Gasteiger partial charge in [-0.2, -0.15) is 0 Å². The third kappa shape index (κ3) is 4.05. The summed E-state index contributed by atoms with van der Waals surface area (Å²) >= 11 is 0. The van der Waals surface area contributed by atoms with Gasteiger partial charge in [0.2, 0.25) is 0 Å². The largest absolute Gasteiger partial charge is 0.381 e. The van der Waals surface area contributed by atoms with E-state index in [1.54, 1.807) is 31.3 Å². The van der Waals surface area contributed by atoms with Crippen LogP contribution in [0.5, 0.6) is 0 Å². The molecule has 1 N–H and O–H groups in total. The fourth-order valence-corrected chi connectivity index (χ4v) is 6.17. The van der Waals surface area contributed by atoms with E-state index in [1.165, 1.54) is 12.3 Å². The van der Waals surface area contributed by atoms with Gasteiger partial charge in [-0.05, 0) is 49.0 Å². The molecule has 2 aromatic carbocycles. The van der Waals surface area contributed by atoms with E-state index in [9.17, 15) is 17.2 Å². The van der Waals surface area contributed by atoms with Gasteiger partial charge in [0.15, 0.2) is 0 Å². The highest BCUT2D eigenvalue weighted by Gasteiger charge is 2.37. The highest BCUT2D eigenvalue weighted by molar-refractivity contribution is 7.90. The molecule has 3 heterocycles. The highest BCUT2D eigenvalue weighted by atomic mass is 32.2. The van der Waals surface area contributed by atoms with Crippen LogP contribution in [0.25, 0.3) is 11.3 Å². The minimum atomic E-state index is -4.04. The van der Waals surface area contributed by atoms with Gasteiger partial charge in [-0.1, -0.05) is 6.07 Å². The predicted molar refractivity (Wildman–Crippen MR) is 122 cm³/mol. The third-order valence-corrected chi connectivity index (χ3v) is 8.08. The number of halogens is 2. The highest BCUT2D eigenvalue weighted by Crippen LogP contribution is 2.34. The van der Waals surface area contributed by atoms with E-state index < -0.39 is 21.7 Å². The average Bonchev–Trinajstić information content (AvgIpc) is 3.49. The van der Waals surface area contributed by atoms with E-state index in [-0.39, 0.29) is 16.2 Å². The van der Waals surface area contributed by atoms with Crippen LogP contribution in [0.15, 0.2) is 59.6 Å². The van der Waals surface area contributed by atoms with Crippen molar-refractivity contribution in [3.8, 4) is 11.3 Å². The van der Waals surface area contributed by atoms with Crippen LogP contribution >= 0.6 is 0 Å². The van der Waals surface area contributed by atoms with Gasteiger partial charge in [0, 0.05) is 55.0 Å². The molecule has 0 amide bonds. The fraction of sp³-hybridized carbons (Fsp3) is 0.333. The lowest BCUT2D eigenvalue weighted by Crippen LogP contribution is -2.22. The Balaban J connectivity index is 1.55. The van der Waals surface area contributed by atoms with E-state index in [1.807, 2.05) is 6.07 Å². The van der Waals surface area contributed by atoms with Crippen molar-refractivity contribution in [3.05, 3.63) is 71.9 Å². The van der Waals surface area contributed by atoms with Crippen molar-refractivity contribution in [1.82, 2.24) is 9.29 Å². The van der Waals surface area contributed by atoms with Crippen LogP contribution in [-0.4, -0.2) is 45.7 Å². The molecule has 2 aliphatic heterocycles. The van der Waals surface area contributed by atoms with Crippen molar-refractivity contribution in [1.29, 1.82) is 0 Å². The van der Waals surface area contributed by atoms with E-state index >= 15 is 0 Å². The minimum absolute atomic E-state index is 0.0193. The molecular formula is C24H25F2N3O3S. The monoisotopic (exact) mass is 473 g/mol. The Morgan fingerprint density at radius 3 is 2.52 bits per heavy atom. The second kappa shape index (κ2) is 8.55. The molecule has 2 fully saturated rings. The summed E-state index contributed by atoms with van der Waals surface area (Å²) in [5.74, 6) is -0.611. The number of hydrogen-bond acceptors (Lipinski definition) is 5. The van der Waals surface area contributed by atoms with Crippen molar-refractivity contribution < 1.29 is 21.9 Å². The molecule has 2 unspecified atom stereocenters. The lowest BCUT2D eigenvalue weighted by Gasteiger charge is -2.20. The standard InChI is InChI=1S/C24H25F2N3O3S/c1-27-10-16-7-24(22-6-5-19(25)8-23(22)26)29(11-16)33(30,31)21-4-2-3-20(9-21)28-12-17-14-32-15-18(17)13-28/h2-9,11,17-18,27H,10,12-15H2,1H3. The first-order valence-corrected chi connectivity index (χ1v) is 12.3. The minimum Gasteiger partial charge on any atom is -0.381 e. The fourth-order valence-electron chi connectivity index (χ4n) is 4.74. The van der Waals surface area contributed by atoms with Crippen LogP contribution in [-0.2, 0) is 21.3 Å². The Labute approximate surface area is 191 Å². The Morgan fingerprint density at radius 2 is 1.82 bits per heavy atom. The summed E-state index contributed by atoms with van der Waals surface area (Å²) in [5, 5.41) is 2.98. The molecule has 0 bridgehead atoms. The number of fused-ring (bicyclic) bond motifs is 1. The Hall–Kier alpha value is -2.75. The van der Waals surface area contributed by atoms with Gasteiger partial charge < -0.3 is 15.0 Å². The number of ether oxygens (including phenoxy) is 1. The van der Waals surface area contributed by atoms with Gasteiger partial charge in [-0.25, -0.2) is 21.2 Å². The molecule has 2 saturated heterocycles. The van der Waals surface area contributed by atoms with Crippen molar-refractivity contribution in [2.75, 3.05) is 38.3 Å². The number of aromatic nitrogens is 1. The number of nitrogens with zero attached hydrogens (tertiary/aromatic N) is 2. The summed E-state index contributed by atoms with van der Waals surface area (Å²) in [6.07, 6.45) is 1.48. The molecule has 1 aromatic heterocycles. The summed E-state index contributed by atoms with van der Waals surface area (Å²) in [6, 6.07) is 11.6. The molecule has 0 saturated carbocycles. The number of benzene rings is 2. The molecule has 2 aliphatic rings. The number of anilines is 1. The van der Waals surface area contributed by atoms with Gasteiger partial charge >= 0.3 is 0 Å². The molecule has 0 spiro atoms. The van der Waals surface area contributed by atoms with Crippen molar-refractivity contribution >= 4 is 15.7 Å². The molecule has 174 valence electrons. The van der Waals surface area contributed by atoms with Gasteiger partial charge in [-0.3, -0.25) is 0 Å². The van der Waals surface area contributed by atoms with E-state index in [0.717, 1.165) is 48.1 Å².